The van der Waals surface area contributed by atoms with Gasteiger partial charge in [0.1, 0.15) is 11.6 Å². The largest absolute Gasteiger partial charge is 0.384 e. The smallest absolute Gasteiger partial charge is 0.142 e. The average Bonchev–Trinajstić information content (AvgIpc) is 2.23. The first-order valence-corrected chi connectivity index (χ1v) is 4.68. The Morgan fingerprint density at radius 1 is 1.07 bits per heavy atom. The average molecular weight is 221 g/mol. The number of rotatable bonds is 1. The monoisotopic (exact) mass is 220 g/mol. The van der Waals surface area contributed by atoms with Gasteiger partial charge in [0, 0.05) is 11.8 Å². The summed E-state index contributed by atoms with van der Waals surface area (Å²) in [6.07, 6.45) is 1.64. The van der Waals surface area contributed by atoms with Gasteiger partial charge in [-0.2, -0.15) is 0 Å². The Morgan fingerprint density at radius 3 is 2.47 bits per heavy atom. The maximum absolute atomic E-state index is 5.77. The van der Waals surface area contributed by atoms with Gasteiger partial charge in [0.25, 0.3) is 0 Å². The first-order chi connectivity index (χ1) is 7.16. The van der Waals surface area contributed by atoms with Crippen molar-refractivity contribution in [2.45, 2.75) is 0 Å². The molecular formula is C10H9ClN4. The molecule has 4 nitrogen and oxygen atoms in total. The molecule has 5 heteroatoms. The minimum absolute atomic E-state index is 0.311. The summed E-state index contributed by atoms with van der Waals surface area (Å²) >= 11 is 5.77. The van der Waals surface area contributed by atoms with Crippen LogP contribution in [0.15, 0.2) is 30.5 Å². The molecule has 4 N–H and O–H groups in total. The quantitative estimate of drug-likeness (QED) is 0.770. The molecule has 0 aliphatic heterocycles. The van der Waals surface area contributed by atoms with Crippen LogP contribution in [0, 0.1) is 0 Å². The van der Waals surface area contributed by atoms with Gasteiger partial charge in [0.05, 0.1) is 10.7 Å². The molecule has 2 heterocycles. The van der Waals surface area contributed by atoms with Gasteiger partial charge in [0.15, 0.2) is 0 Å². The molecule has 0 spiro atoms. The zero-order chi connectivity index (χ0) is 10.8. The maximum atomic E-state index is 5.77. The Kier molecular flexibility index (Phi) is 2.43. The van der Waals surface area contributed by atoms with Gasteiger partial charge in [-0.3, -0.25) is 0 Å². The first kappa shape index (κ1) is 9.73. The number of nitrogens with zero attached hydrogens (tertiary/aromatic N) is 2. The number of nitrogens with two attached hydrogens (primary N) is 2. The van der Waals surface area contributed by atoms with Gasteiger partial charge in [-0.25, -0.2) is 9.97 Å². The molecule has 0 aromatic carbocycles. The van der Waals surface area contributed by atoms with Crippen LogP contribution in [0.25, 0.3) is 11.3 Å². The van der Waals surface area contributed by atoms with Crippen molar-refractivity contribution >= 4 is 23.2 Å². The zero-order valence-electron chi connectivity index (χ0n) is 7.81. The van der Waals surface area contributed by atoms with E-state index >= 15 is 0 Å². The second-order valence-electron chi connectivity index (χ2n) is 3.04. The van der Waals surface area contributed by atoms with Crippen LogP contribution >= 0.6 is 11.6 Å². The number of hydrogen-bond donors (Lipinski definition) is 2. The lowest BCUT2D eigenvalue weighted by Gasteiger charge is -2.02. The molecule has 2 aromatic rings. The van der Waals surface area contributed by atoms with E-state index in [4.69, 9.17) is 23.1 Å². The van der Waals surface area contributed by atoms with Crippen molar-refractivity contribution in [2.75, 3.05) is 11.5 Å². The van der Waals surface area contributed by atoms with E-state index in [2.05, 4.69) is 9.97 Å². The number of aromatic nitrogens is 2. The highest BCUT2D eigenvalue weighted by Gasteiger charge is 2.02. The molecule has 2 aromatic heterocycles. The summed E-state index contributed by atoms with van der Waals surface area (Å²) in [7, 11) is 0. The van der Waals surface area contributed by atoms with Crippen LogP contribution in [-0.4, -0.2) is 9.97 Å². The van der Waals surface area contributed by atoms with Crippen LogP contribution in [0.1, 0.15) is 0 Å². The van der Waals surface area contributed by atoms with Crippen LogP contribution in [0.3, 0.4) is 0 Å². The molecule has 15 heavy (non-hydrogen) atoms. The Bertz CT molecular complexity index is 481. The molecule has 0 bridgehead atoms. The lowest BCUT2D eigenvalue weighted by Crippen LogP contribution is -1.94. The minimum atomic E-state index is 0.311. The van der Waals surface area contributed by atoms with Gasteiger partial charge in [0.2, 0.25) is 0 Å². The lowest BCUT2D eigenvalue weighted by molar-refractivity contribution is 1.29. The molecule has 0 amide bonds. The molecule has 0 radical (unpaired) electrons. The van der Waals surface area contributed by atoms with Gasteiger partial charge in [-0.05, 0) is 24.3 Å². The highest BCUT2D eigenvalue weighted by atomic mass is 35.5. The molecule has 0 aliphatic rings. The van der Waals surface area contributed by atoms with Gasteiger partial charge < -0.3 is 11.5 Å². The topological polar surface area (TPSA) is 77.8 Å². The highest BCUT2D eigenvalue weighted by molar-refractivity contribution is 6.32. The fraction of sp³-hybridized carbons (Fsp3) is 0. The Morgan fingerprint density at radius 2 is 1.87 bits per heavy atom. The molecule has 0 unspecified atom stereocenters. The van der Waals surface area contributed by atoms with Crippen molar-refractivity contribution in [3.63, 3.8) is 0 Å². The molecule has 2 rings (SSSR count). The minimum Gasteiger partial charge on any atom is -0.384 e. The maximum Gasteiger partial charge on any atom is 0.142 e. The number of nitrogen functional groups attached to an aromatic ring is 2. The van der Waals surface area contributed by atoms with E-state index in [1.807, 2.05) is 6.07 Å². The summed E-state index contributed by atoms with van der Waals surface area (Å²) in [4.78, 5) is 8.11. The van der Waals surface area contributed by atoms with E-state index in [-0.39, 0.29) is 0 Å². The normalized spacial score (nSPS) is 10.2. The van der Waals surface area contributed by atoms with Gasteiger partial charge in [-0.1, -0.05) is 11.6 Å². The second kappa shape index (κ2) is 3.74. The fourth-order valence-electron chi connectivity index (χ4n) is 1.18. The van der Waals surface area contributed by atoms with Crippen LogP contribution in [0.4, 0.5) is 11.6 Å². The summed E-state index contributed by atoms with van der Waals surface area (Å²) in [6, 6.07) is 7.03. The Labute approximate surface area is 91.9 Å². The van der Waals surface area contributed by atoms with Crippen molar-refractivity contribution in [1.82, 2.24) is 9.97 Å². The van der Waals surface area contributed by atoms with Crippen molar-refractivity contribution in [2.24, 2.45) is 0 Å². The summed E-state index contributed by atoms with van der Waals surface area (Å²) < 4.78 is 0. The summed E-state index contributed by atoms with van der Waals surface area (Å²) in [5.41, 5.74) is 12.7. The number of halogens is 1. The number of pyridine rings is 2. The zero-order valence-corrected chi connectivity index (χ0v) is 8.57. The van der Waals surface area contributed by atoms with E-state index < -0.39 is 0 Å². The van der Waals surface area contributed by atoms with Crippen LogP contribution in [0.2, 0.25) is 5.02 Å². The van der Waals surface area contributed by atoms with Gasteiger partial charge in [-0.15, -0.1) is 0 Å². The molecule has 0 aliphatic carbocycles. The summed E-state index contributed by atoms with van der Waals surface area (Å²) in [6.45, 7) is 0. The van der Waals surface area contributed by atoms with Crippen molar-refractivity contribution in [3.05, 3.63) is 35.5 Å². The summed E-state index contributed by atoms with van der Waals surface area (Å²) in [5.74, 6) is 0.784. The van der Waals surface area contributed by atoms with E-state index in [1.54, 1.807) is 24.4 Å². The van der Waals surface area contributed by atoms with E-state index in [0.717, 1.165) is 11.3 Å². The predicted octanol–water partition coefficient (Wildman–Crippen LogP) is 1.96. The third kappa shape index (κ3) is 1.99. The molecule has 0 saturated heterocycles. The van der Waals surface area contributed by atoms with Crippen molar-refractivity contribution < 1.29 is 0 Å². The first-order valence-electron chi connectivity index (χ1n) is 4.31. The van der Waals surface area contributed by atoms with Crippen LogP contribution < -0.4 is 11.5 Å². The SMILES string of the molecule is Nc1ccc(-c2ccc(Cl)c(N)n2)cn1. The van der Waals surface area contributed by atoms with Gasteiger partial charge >= 0.3 is 0 Å². The molecule has 0 fully saturated rings. The van der Waals surface area contributed by atoms with Crippen molar-refractivity contribution in [3.8, 4) is 11.3 Å². The lowest BCUT2D eigenvalue weighted by atomic mass is 10.2. The molecule has 0 saturated carbocycles. The highest BCUT2D eigenvalue weighted by Crippen LogP contribution is 2.22. The fourth-order valence-corrected chi connectivity index (χ4v) is 1.28. The predicted molar refractivity (Wildman–Crippen MR) is 61.3 cm³/mol. The number of anilines is 2. The molecule has 76 valence electrons. The molecule has 0 atom stereocenters. The van der Waals surface area contributed by atoms with Crippen LogP contribution in [-0.2, 0) is 0 Å². The Hall–Kier alpha value is -1.81. The van der Waals surface area contributed by atoms with Crippen molar-refractivity contribution in [1.29, 1.82) is 0 Å². The third-order valence-corrected chi connectivity index (χ3v) is 2.27. The number of hydrogen-bond acceptors (Lipinski definition) is 4. The van der Waals surface area contributed by atoms with E-state index in [1.165, 1.54) is 0 Å². The second-order valence-corrected chi connectivity index (χ2v) is 3.44. The van der Waals surface area contributed by atoms with E-state index in [0.29, 0.717) is 16.7 Å². The summed E-state index contributed by atoms with van der Waals surface area (Å²) in [5, 5.41) is 0.446. The molecular weight excluding hydrogens is 212 g/mol. The Balaban J connectivity index is 2.45. The van der Waals surface area contributed by atoms with E-state index in [9.17, 15) is 0 Å². The van der Waals surface area contributed by atoms with Crippen LogP contribution in [0.5, 0.6) is 0 Å². The standard InChI is InChI=1S/C10H9ClN4/c11-7-2-3-8(15-10(7)13)6-1-4-9(12)14-5-6/h1-5H,(H2,12,14)(H2,13,15). The third-order valence-electron chi connectivity index (χ3n) is 1.96.